The summed E-state index contributed by atoms with van der Waals surface area (Å²) in [5, 5.41) is 14.1. The Morgan fingerprint density at radius 1 is 1.37 bits per heavy atom. The first kappa shape index (κ1) is 18.7. The van der Waals surface area contributed by atoms with Crippen LogP contribution in [-0.2, 0) is 9.59 Å². The molecule has 8 nitrogen and oxygen atoms in total. The lowest BCUT2D eigenvalue weighted by Gasteiger charge is -2.27. The van der Waals surface area contributed by atoms with Crippen molar-refractivity contribution >= 4 is 40.5 Å². The summed E-state index contributed by atoms with van der Waals surface area (Å²) in [4.78, 5) is 36.8. The number of nitro benzene ring substituents is 1. The Labute approximate surface area is 159 Å². The molecule has 1 heterocycles. The molecule has 27 heavy (non-hydrogen) atoms. The zero-order valence-corrected chi connectivity index (χ0v) is 15.1. The summed E-state index contributed by atoms with van der Waals surface area (Å²) in [7, 11) is 0. The zero-order valence-electron chi connectivity index (χ0n) is 14.3. The Morgan fingerprint density at radius 2 is 2.11 bits per heavy atom. The number of anilines is 2. The minimum atomic E-state index is -0.627. The van der Waals surface area contributed by atoms with Gasteiger partial charge in [-0.15, -0.1) is 0 Å². The molecule has 0 unspecified atom stereocenters. The molecule has 9 heteroatoms. The van der Waals surface area contributed by atoms with Crippen LogP contribution in [0, 0.1) is 10.1 Å². The Morgan fingerprint density at radius 3 is 2.85 bits per heavy atom. The van der Waals surface area contributed by atoms with Gasteiger partial charge in [-0.3, -0.25) is 19.7 Å². The fourth-order valence-electron chi connectivity index (χ4n) is 2.93. The van der Waals surface area contributed by atoms with E-state index in [-0.39, 0.29) is 28.8 Å². The van der Waals surface area contributed by atoms with Gasteiger partial charge in [0.25, 0.3) is 5.91 Å². The number of nitro groups is 1. The average molecular weight is 390 g/mol. The van der Waals surface area contributed by atoms with Crippen molar-refractivity contribution in [3.63, 3.8) is 0 Å². The third-order valence-electron chi connectivity index (χ3n) is 4.10. The Balaban J connectivity index is 1.84. The van der Waals surface area contributed by atoms with Gasteiger partial charge in [0.05, 0.1) is 16.3 Å². The molecule has 0 aromatic heterocycles. The lowest BCUT2D eigenvalue weighted by atomic mass is 10.1. The Bertz CT molecular complexity index is 918. The number of amides is 2. The van der Waals surface area contributed by atoms with E-state index in [4.69, 9.17) is 16.3 Å². The van der Waals surface area contributed by atoms with E-state index in [1.807, 2.05) is 0 Å². The highest BCUT2D eigenvalue weighted by molar-refractivity contribution is 6.30. The molecule has 0 radical (unpaired) electrons. The van der Waals surface area contributed by atoms with Crippen LogP contribution in [0.4, 0.5) is 17.1 Å². The number of rotatable bonds is 4. The molecule has 0 spiro atoms. The van der Waals surface area contributed by atoms with Crippen molar-refractivity contribution < 1.29 is 19.2 Å². The summed E-state index contributed by atoms with van der Waals surface area (Å²) in [5.74, 6) is -0.669. The predicted octanol–water partition coefficient (Wildman–Crippen LogP) is 3.39. The number of carbonyl (C=O) groups is 2. The molecule has 1 aliphatic rings. The first-order chi connectivity index (χ1) is 12.9. The first-order valence-electron chi connectivity index (χ1n) is 8.14. The summed E-state index contributed by atoms with van der Waals surface area (Å²) < 4.78 is 5.40. The van der Waals surface area contributed by atoms with Crippen LogP contribution < -0.4 is 15.0 Å². The maximum absolute atomic E-state index is 12.8. The zero-order chi connectivity index (χ0) is 19.6. The Kier molecular flexibility index (Phi) is 5.27. The summed E-state index contributed by atoms with van der Waals surface area (Å²) in [6, 6.07) is 10.5. The van der Waals surface area contributed by atoms with Gasteiger partial charge in [0.15, 0.2) is 12.4 Å². The minimum Gasteiger partial charge on any atom is -0.477 e. The molecule has 1 N–H and O–H groups in total. The fraction of sp³-hybridized carbons (Fsp3) is 0.222. The van der Waals surface area contributed by atoms with E-state index in [2.05, 4.69) is 5.32 Å². The van der Waals surface area contributed by atoms with Crippen LogP contribution in [-0.4, -0.2) is 29.4 Å². The second-order valence-electron chi connectivity index (χ2n) is 6.04. The van der Waals surface area contributed by atoms with Gasteiger partial charge in [-0.2, -0.15) is 0 Å². The van der Waals surface area contributed by atoms with Gasteiger partial charge in [0.2, 0.25) is 5.91 Å². The van der Waals surface area contributed by atoms with Crippen molar-refractivity contribution in [1.29, 1.82) is 0 Å². The third kappa shape index (κ3) is 4.01. The van der Waals surface area contributed by atoms with Gasteiger partial charge in [-0.1, -0.05) is 23.7 Å². The highest BCUT2D eigenvalue weighted by Crippen LogP contribution is 2.32. The number of nitrogens with zero attached hydrogens (tertiary/aromatic N) is 2. The molecule has 2 amide bonds. The van der Waals surface area contributed by atoms with E-state index in [0.29, 0.717) is 11.4 Å². The molecule has 140 valence electrons. The maximum Gasteiger partial charge on any atom is 0.312 e. The molecule has 0 saturated carbocycles. The number of halogens is 1. The number of benzene rings is 2. The fourth-order valence-corrected chi connectivity index (χ4v) is 3.10. The number of nitrogens with one attached hydrogen (secondary N) is 1. The number of fused-ring (bicyclic) bond motifs is 1. The van der Waals surface area contributed by atoms with Crippen LogP contribution in [0.15, 0.2) is 42.5 Å². The number of ether oxygens (including phenoxy) is 1. The molecule has 1 aliphatic heterocycles. The van der Waals surface area contributed by atoms with Crippen molar-refractivity contribution in [2.45, 2.75) is 19.4 Å². The summed E-state index contributed by atoms with van der Waals surface area (Å²) >= 11 is 5.78. The lowest BCUT2D eigenvalue weighted by Crippen LogP contribution is -2.41. The van der Waals surface area contributed by atoms with Crippen LogP contribution in [0.2, 0.25) is 5.02 Å². The van der Waals surface area contributed by atoms with E-state index < -0.39 is 23.5 Å². The molecule has 0 aliphatic carbocycles. The van der Waals surface area contributed by atoms with Crippen LogP contribution in [0.25, 0.3) is 0 Å². The summed E-state index contributed by atoms with van der Waals surface area (Å²) in [6.45, 7) is 1.33. The van der Waals surface area contributed by atoms with Crippen molar-refractivity contribution in [3.8, 4) is 5.75 Å². The first-order valence-corrected chi connectivity index (χ1v) is 8.52. The lowest BCUT2D eigenvalue weighted by molar-refractivity contribution is -0.385. The number of para-hydroxylation sites is 2. The molecule has 0 saturated heterocycles. The normalized spacial score (nSPS) is 16.1. The number of hydrogen-bond acceptors (Lipinski definition) is 5. The maximum atomic E-state index is 12.8. The molecule has 3 rings (SSSR count). The monoisotopic (exact) mass is 389 g/mol. The molecule has 2 aromatic rings. The van der Waals surface area contributed by atoms with Gasteiger partial charge in [0, 0.05) is 23.6 Å². The van der Waals surface area contributed by atoms with Crippen LogP contribution >= 0.6 is 11.6 Å². The van der Waals surface area contributed by atoms with Crippen molar-refractivity contribution in [2.24, 2.45) is 0 Å². The third-order valence-corrected chi connectivity index (χ3v) is 4.33. The second kappa shape index (κ2) is 7.63. The van der Waals surface area contributed by atoms with Gasteiger partial charge in [-0.25, -0.2) is 0 Å². The highest BCUT2D eigenvalue weighted by Gasteiger charge is 2.30. The van der Waals surface area contributed by atoms with Crippen molar-refractivity contribution in [1.82, 2.24) is 0 Å². The quantitative estimate of drug-likeness (QED) is 0.637. The van der Waals surface area contributed by atoms with E-state index in [0.717, 1.165) is 6.07 Å². The SMILES string of the molecule is C[C@H]1CC(=O)Nc2ccccc2N1C(=O)COc1ccc(Cl)cc1[N+](=O)[O-]. The molecule has 2 aromatic carbocycles. The van der Waals surface area contributed by atoms with Crippen molar-refractivity contribution in [3.05, 3.63) is 57.6 Å². The molecule has 0 fully saturated rings. The largest absolute Gasteiger partial charge is 0.477 e. The van der Waals surface area contributed by atoms with Gasteiger partial charge < -0.3 is 15.0 Å². The number of carbonyl (C=O) groups excluding carboxylic acids is 2. The summed E-state index contributed by atoms with van der Waals surface area (Å²) in [5.41, 5.74) is 0.754. The van der Waals surface area contributed by atoms with E-state index >= 15 is 0 Å². The van der Waals surface area contributed by atoms with E-state index in [9.17, 15) is 19.7 Å². The summed E-state index contributed by atoms with van der Waals surface area (Å²) in [6.07, 6.45) is 0.127. The van der Waals surface area contributed by atoms with E-state index in [1.54, 1.807) is 31.2 Å². The van der Waals surface area contributed by atoms with E-state index in [1.165, 1.54) is 17.0 Å². The topological polar surface area (TPSA) is 102 Å². The smallest absolute Gasteiger partial charge is 0.312 e. The molecular formula is C18H16ClN3O5. The standard InChI is InChI=1S/C18H16ClN3O5/c1-11-8-17(23)20-13-4-2-3-5-14(13)21(11)18(24)10-27-16-7-6-12(19)9-15(16)22(25)26/h2-7,9,11H,8,10H2,1H3,(H,20,23)/t11-/m0/s1. The number of hydrogen-bond donors (Lipinski definition) is 1. The van der Waals surface area contributed by atoms with Gasteiger partial charge in [0.1, 0.15) is 0 Å². The molecular weight excluding hydrogens is 374 g/mol. The molecule has 1 atom stereocenters. The van der Waals surface area contributed by atoms with Gasteiger partial charge in [-0.05, 0) is 31.2 Å². The van der Waals surface area contributed by atoms with Crippen LogP contribution in [0.3, 0.4) is 0 Å². The van der Waals surface area contributed by atoms with Crippen LogP contribution in [0.5, 0.6) is 5.75 Å². The van der Waals surface area contributed by atoms with Crippen LogP contribution in [0.1, 0.15) is 13.3 Å². The highest BCUT2D eigenvalue weighted by atomic mass is 35.5. The minimum absolute atomic E-state index is 0.0530. The molecule has 0 bridgehead atoms. The Hall–Kier alpha value is -3.13. The predicted molar refractivity (Wildman–Crippen MR) is 100 cm³/mol. The second-order valence-corrected chi connectivity index (χ2v) is 6.48. The average Bonchev–Trinajstić information content (AvgIpc) is 2.74. The van der Waals surface area contributed by atoms with Gasteiger partial charge >= 0.3 is 5.69 Å². The van der Waals surface area contributed by atoms with Crippen molar-refractivity contribution in [2.75, 3.05) is 16.8 Å².